The summed E-state index contributed by atoms with van der Waals surface area (Å²) in [6, 6.07) is 9.61. The molecule has 0 spiro atoms. The second kappa shape index (κ2) is 7.18. The molecule has 6 heteroatoms. The van der Waals surface area contributed by atoms with E-state index in [0.29, 0.717) is 31.6 Å². The molecule has 1 aromatic rings. The van der Waals surface area contributed by atoms with E-state index in [0.717, 1.165) is 5.56 Å². The fraction of sp³-hybridized carbons (Fsp3) is 0.476. The van der Waals surface area contributed by atoms with Crippen LogP contribution < -0.4 is 5.32 Å². The molecule has 2 aliphatic heterocycles. The predicted molar refractivity (Wildman–Crippen MR) is 103 cm³/mol. The molecule has 1 N–H and O–H groups in total. The van der Waals surface area contributed by atoms with Crippen LogP contribution in [0.5, 0.6) is 0 Å². The van der Waals surface area contributed by atoms with E-state index in [2.05, 4.69) is 11.9 Å². The first-order chi connectivity index (χ1) is 12.7. The summed E-state index contributed by atoms with van der Waals surface area (Å²) in [4.78, 5) is 40.6. The van der Waals surface area contributed by atoms with Gasteiger partial charge in [0.15, 0.2) is 0 Å². The van der Waals surface area contributed by atoms with Crippen LogP contribution in [0, 0.1) is 5.92 Å². The maximum atomic E-state index is 12.9. The molecule has 27 heavy (non-hydrogen) atoms. The number of hydrogen-bond donors (Lipinski definition) is 1. The van der Waals surface area contributed by atoms with Gasteiger partial charge in [-0.15, -0.1) is 0 Å². The highest BCUT2D eigenvalue weighted by molar-refractivity contribution is 5.93. The number of benzene rings is 1. The Morgan fingerprint density at radius 2 is 1.81 bits per heavy atom. The molecular formula is C21H27N3O3. The monoisotopic (exact) mass is 369 g/mol. The lowest BCUT2D eigenvalue weighted by Crippen LogP contribution is -2.61. The molecule has 0 radical (unpaired) electrons. The van der Waals surface area contributed by atoms with Gasteiger partial charge in [-0.2, -0.15) is 0 Å². The molecule has 2 saturated heterocycles. The number of piperidine rings is 1. The SMILES string of the molecule is C=C(C)C(=O)N1C[C@]2(NC(C)=O)CCN(C(C)=O)C[C@@H]2[C@H]1c1ccccc1. The third-order valence-electron chi connectivity index (χ3n) is 5.76. The van der Waals surface area contributed by atoms with Gasteiger partial charge in [-0.1, -0.05) is 36.9 Å². The first-order valence-corrected chi connectivity index (χ1v) is 9.31. The highest BCUT2D eigenvalue weighted by Crippen LogP contribution is 2.47. The van der Waals surface area contributed by atoms with Crippen molar-refractivity contribution in [1.29, 1.82) is 0 Å². The smallest absolute Gasteiger partial charge is 0.249 e. The Labute approximate surface area is 160 Å². The van der Waals surface area contributed by atoms with E-state index in [1.807, 2.05) is 40.1 Å². The molecule has 3 atom stereocenters. The molecule has 2 fully saturated rings. The number of amides is 3. The van der Waals surface area contributed by atoms with Gasteiger partial charge >= 0.3 is 0 Å². The summed E-state index contributed by atoms with van der Waals surface area (Å²) in [7, 11) is 0. The van der Waals surface area contributed by atoms with Crippen LogP contribution in [0.1, 0.15) is 38.8 Å². The van der Waals surface area contributed by atoms with Gasteiger partial charge in [0.1, 0.15) is 0 Å². The molecule has 2 aliphatic rings. The number of hydrogen-bond acceptors (Lipinski definition) is 3. The summed E-state index contributed by atoms with van der Waals surface area (Å²) >= 11 is 0. The molecular weight excluding hydrogens is 342 g/mol. The van der Waals surface area contributed by atoms with E-state index in [-0.39, 0.29) is 29.7 Å². The lowest BCUT2D eigenvalue weighted by molar-refractivity contribution is -0.132. The van der Waals surface area contributed by atoms with Gasteiger partial charge in [-0.05, 0) is 18.9 Å². The van der Waals surface area contributed by atoms with E-state index in [4.69, 9.17) is 0 Å². The zero-order chi connectivity index (χ0) is 19.8. The third kappa shape index (κ3) is 3.48. The Morgan fingerprint density at radius 1 is 1.15 bits per heavy atom. The van der Waals surface area contributed by atoms with Crippen molar-refractivity contribution in [2.75, 3.05) is 19.6 Å². The number of likely N-dealkylation sites (tertiary alicyclic amines) is 2. The van der Waals surface area contributed by atoms with Gasteiger partial charge in [-0.3, -0.25) is 14.4 Å². The Bertz CT molecular complexity index is 776. The molecule has 0 aliphatic carbocycles. The van der Waals surface area contributed by atoms with Crippen molar-refractivity contribution < 1.29 is 14.4 Å². The summed E-state index contributed by atoms with van der Waals surface area (Å²) in [6.07, 6.45) is 0.625. The van der Waals surface area contributed by atoms with Crippen LogP contribution in [0.4, 0.5) is 0 Å². The Balaban J connectivity index is 2.09. The molecule has 3 amide bonds. The van der Waals surface area contributed by atoms with Crippen molar-refractivity contribution in [1.82, 2.24) is 15.1 Å². The fourth-order valence-corrected chi connectivity index (χ4v) is 4.58. The molecule has 2 heterocycles. The third-order valence-corrected chi connectivity index (χ3v) is 5.76. The molecule has 144 valence electrons. The molecule has 6 nitrogen and oxygen atoms in total. The highest BCUT2D eigenvalue weighted by atomic mass is 16.2. The number of rotatable bonds is 3. The molecule has 0 aromatic heterocycles. The molecule has 0 unspecified atom stereocenters. The fourth-order valence-electron chi connectivity index (χ4n) is 4.58. The van der Waals surface area contributed by atoms with Crippen molar-refractivity contribution >= 4 is 17.7 Å². The second-order valence-corrected chi connectivity index (χ2v) is 7.73. The van der Waals surface area contributed by atoms with Crippen molar-refractivity contribution in [2.45, 2.75) is 38.8 Å². The molecule has 0 bridgehead atoms. The normalized spacial score (nSPS) is 27.1. The van der Waals surface area contributed by atoms with Crippen LogP contribution in [-0.2, 0) is 14.4 Å². The maximum absolute atomic E-state index is 12.9. The zero-order valence-corrected chi connectivity index (χ0v) is 16.2. The van der Waals surface area contributed by atoms with E-state index in [1.54, 1.807) is 13.8 Å². The summed E-state index contributed by atoms with van der Waals surface area (Å²) in [6.45, 7) is 10.1. The van der Waals surface area contributed by atoms with E-state index in [1.165, 1.54) is 6.92 Å². The number of carbonyl (C=O) groups is 3. The van der Waals surface area contributed by atoms with E-state index < -0.39 is 5.54 Å². The Morgan fingerprint density at radius 3 is 2.37 bits per heavy atom. The van der Waals surface area contributed by atoms with Crippen LogP contribution in [0.2, 0.25) is 0 Å². The Hall–Kier alpha value is -2.63. The van der Waals surface area contributed by atoms with Gasteiger partial charge in [0.2, 0.25) is 17.7 Å². The summed E-state index contributed by atoms with van der Waals surface area (Å²) < 4.78 is 0. The first-order valence-electron chi connectivity index (χ1n) is 9.31. The van der Waals surface area contributed by atoms with Gasteiger partial charge in [0.25, 0.3) is 0 Å². The quantitative estimate of drug-likeness (QED) is 0.827. The van der Waals surface area contributed by atoms with Gasteiger partial charge < -0.3 is 15.1 Å². The molecule has 0 saturated carbocycles. The van der Waals surface area contributed by atoms with Crippen LogP contribution in [0.3, 0.4) is 0 Å². The van der Waals surface area contributed by atoms with Crippen molar-refractivity contribution in [3.05, 3.63) is 48.0 Å². The highest BCUT2D eigenvalue weighted by Gasteiger charge is 2.57. The average Bonchev–Trinajstić information content (AvgIpc) is 2.94. The summed E-state index contributed by atoms with van der Waals surface area (Å²) in [5, 5.41) is 3.14. The summed E-state index contributed by atoms with van der Waals surface area (Å²) in [5.41, 5.74) is 0.939. The average molecular weight is 369 g/mol. The summed E-state index contributed by atoms with van der Waals surface area (Å²) in [5.74, 6) is -0.294. The number of nitrogens with one attached hydrogen (secondary N) is 1. The minimum Gasteiger partial charge on any atom is -0.349 e. The molecule has 1 aromatic carbocycles. The lowest BCUT2D eigenvalue weighted by atomic mass is 9.75. The van der Waals surface area contributed by atoms with Gasteiger partial charge in [0.05, 0.1) is 11.6 Å². The van der Waals surface area contributed by atoms with Crippen LogP contribution in [-0.4, -0.2) is 52.7 Å². The molecule has 3 rings (SSSR count). The number of nitrogens with zero attached hydrogens (tertiary/aromatic N) is 2. The second-order valence-electron chi connectivity index (χ2n) is 7.73. The van der Waals surface area contributed by atoms with E-state index >= 15 is 0 Å². The van der Waals surface area contributed by atoms with Crippen molar-refractivity contribution in [3.63, 3.8) is 0 Å². The standard InChI is InChI=1S/C21H27N3O3/c1-14(2)20(27)24-13-21(22-15(3)25)10-11-23(16(4)26)12-18(21)19(24)17-8-6-5-7-9-17/h5-9,18-19H,1,10-13H2,2-4H3,(H,22,25)/t18-,19-,21-/m1/s1. The number of carbonyl (C=O) groups excluding carboxylic acids is 3. The maximum Gasteiger partial charge on any atom is 0.249 e. The lowest BCUT2D eigenvalue weighted by Gasteiger charge is -2.44. The zero-order valence-electron chi connectivity index (χ0n) is 16.2. The van der Waals surface area contributed by atoms with Gasteiger partial charge in [-0.25, -0.2) is 0 Å². The van der Waals surface area contributed by atoms with Gasteiger partial charge in [0, 0.05) is 45.0 Å². The van der Waals surface area contributed by atoms with Crippen LogP contribution >= 0.6 is 0 Å². The minimum absolute atomic E-state index is 0.0166. The van der Waals surface area contributed by atoms with Crippen LogP contribution in [0.15, 0.2) is 42.5 Å². The van der Waals surface area contributed by atoms with E-state index in [9.17, 15) is 14.4 Å². The van der Waals surface area contributed by atoms with Crippen molar-refractivity contribution in [2.24, 2.45) is 5.92 Å². The minimum atomic E-state index is -0.538. The first kappa shape index (κ1) is 19.1. The van der Waals surface area contributed by atoms with Crippen LogP contribution in [0.25, 0.3) is 0 Å². The topological polar surface area (TPSA) is 69.7 Å². The Kier molecular flexibility index (Phi) is 5.09. The number of fused-ring (bicyclic) bond motifs is 1. The largest absolute Gasteiger partial charge is 0.349 e. The predicted octanol–water partition coefficient (Wildman–Crippen LogP) is 1.89. The van der Waals surface area contributed by atoms with Crippen molar-refractivity contribution in [3.8, 4) is 0 Å².